The molecule has 0 unspecified atom stereocenters. The predicted molar refractivity (Wildman–Crippen MR) is 138 cm³/mol. The molecular formula is C27H31N7O2. The van der Waals surface area contributed by atoms with Gasteiger partial charge in [-0.25, -0.2) is 14.6 Å². The molecule has 36 heavy (non-hydrogen) atoms. The smallest absolute Gasteiger partial charge is 0.267 e. The van der Waals surface area contributed by atoms with E-state index in [9.17, 15) is 4.79 Å². The van der Waals surface area contributed by atoms with Gasteiger partial charge in [0.25, 0.3) is 5.56 Å². The third-order valence-electron chi connectivity index (χ3n) is 6.39. The number of aromatic nitrogens is 6. The number of aryl methyl sites for hydroxylation is 1. The SMILES string of the molecule is Cn1cc(-c2ccc(=O)n(Cc3cccc(-c4ncc(OCCN5CCCCCC5)cn4)c3)n2)cn1. The molecule has 0 bridgehead atoms. The van der Waals surface area contributed by atoms with Crippen LogP contribution in [-0.4, -0.2) is 60.7 Å². The van der Waals surface area contributed by atoms with Crippen molar-refractivity contribution in [3.8, 4) is 28.4 Å². The second kappa shape index (κ2) is 11.3. The van der Waals surface area contributed by atoms with E-state index in [2.05, 4.69) is 25.1 Å². The minimum Gasteiger partial charge on any atom is -0.489 e. The van der Waals surface area contributed by atoms with Gasteiger partial charge in [-0.05, 0) is 43.6 Å². The second-order valence-electron chi connectivity index (χ2n) is 9.16. The number of hydrogen-bond donors (Lipinski definition) is 0. The molecule has 5 rings (SSSR count). The summed E-state index contributed by atoms with van der Waals surface area (Å²) in [4.78, 5) is 23.9. The van der Waals surface area contributed by atoms with Gasteiger partial charge in [0.1, 0.15) is 6.61 Å². The average molecular weight is 486 g/mol. The maximum absolute atomic E-state index is 12.4. The highest BCUT2D eigenvalue weighted by molar-refractivity contribution is 5.57. The van der Waals surface area contributed by atoms with Gasteiger partial charge in [0, 0.05) is 37.0 Å². The van der Waals surface area contributed by atoms with E-state index in [1.54, 1.807) is 29.3 Å². The van der Waals surface area contributed by atoms with Crippen molar-refractivity contribution in [3.05, 3.63) is 77.1 Å². The molecule has 0 saturated carbocycles. The van der Waals surface area contributed by atoms with Gasteiger partial charge in [-0.3, -0.25) is 14.4 Å². The van der Waals surface area contributed by atoms with E-state index in [1.807, 2.05) is 37.5 Å². The largest absolute Gasteiger partial charge is 0.489 e. The number of nitrogens with zero attached hydrogens (tertiary/aromatic N) is 7. The molecule has 9 heteroatoms. The molecule has 1 aliphatic heterocycles. The zero-order valence-corrected chi connectivity index (χ0v) is 20.6. The van der Waals surface area contributed by atoms with Crippen LogP contribution in [0.15, 0.2) is 66.0 Å². The minimum absolute atomic E-state index is 0.161. The van der Waals surface area contributed by atoms with E-state index in [0.717, 1.165) is 36.3 Å². The van der Waals surface area contributed by atoms with E-state index >= 15 is 0 Å². The molecule has 186 valence electrons. The van der Waals surface area contributed by atoms with Crippen molar-refractivity contribution >= 4 is 0 Å². The van der Waals surface area contributed by atoms with Crippen molar-refractivity contribution in [1.29, 1.82) is 0 Å². The first-order valence-electron chi connectivity index (χ1n) is 12.5. The zero-order valence-electron chi connectivity index (χ0n) is 20.6. The summed E-state index contributed by atoms with van der Waals surface area (Å²) < 4.78 is 9.06. The Balaban J connectivity index is 1.23. The van der Waals surface area contributed by atoms with Gasteiger partial charge in [-0.2, -0.15) is 10.2 Å². The van der Waals surface area contributed by atoms with Crippen LogP contribution in [0.3, 0.4) is 0 Å². The molecule has 0 spiro atoms. The summed E-state index contributed by atoms with van der Waals surface area (Å²) in [6, 6.07) is 11.1. The Hall–Kier alpha value is -3.85. The molecule has 9 nitrogen and oxygen atoms in total. The van der Waals surface area contributed by atoms with Crippen LogP contribution in [-0.2, 0) is 13.6 Å². The van der Waals surface area contributed by atoms with Crippen molar-refractivity contribution in [3.63, 3.8) is 0 Å². The molecule has 0 radical (unpaired) electrons. The molecule has 4 aromatic rings. The van der Waals surface area contributed by atoms with Gasteiger partial charge in [-0.15, -0.1) is 0 Å². The van der Waals surface area contributed by atoms with Crippen LogP contribution < -0.4 is 10.3 Å². The van der Waals surface area contributed by atoms with Crippen LogP contribution in [0.2, 0.25) is 0 Å². The van der Waals surface area contributed by atoms with Gasteiger partial charge >= 0.3 is 0 Å². The van der Waals surface area contributed by atoms with Crippen molar-refractivity contribution in [2.45, 2.75) is 32.2 Å². The fraction of sp³-hybridized carbons (Fsp3) is 0.370. The Kier molecular flexibility index (Phi) is 7.47. The number of rotatable bonds is 8. The lowest BCUT2D eigenvalue weighted by atomic mass is 10.1. The van der Waals surface area contributed by atoms with Gasteiger partial charge < -0.3 is 4.74 Å². The van der Waals surface area contributed by atoms with Crippen LogP contribution in [0.25, 0.3) is 22.6 Å². The van der Waals surface area contributed by atoms with E-state index < -0.39 is 0 Å². The van der Waals surface area contributed by atoms with Crippen molar-refractivity contribution in [2.24, 2.45) is 7.05 Å². The summed E-state index contributed by atoms with van der Waals surface area (Å²) in [5.74, 6) is 1.29. The molecule has 1 fully saturated rings. The zero-order chi connectivity index (χ0) is 24.7. The average Bonchev–Trinajstić information content (AvgIpc) is 3.16. The molecule has 1 saturated heterocycles. The minimum atomic E-state index is -0.161. The van der Waals surface area contributed by atoms with Gasteiger partial charge in [0.05, 0.1) is 30.8 Å². The number of benzene rings is 1. The third kappa shape index (κ3) is 6.04. The second-order valence-corrected chi connectivity index (χ2v) is 9.16. The molecule has 0 atom stereocenters. The van der Waals surface area contributed by atoms with Crippen molar-refractivity contribution in [2.75, 3.05) is 26.2 Å². The maximum Gasteiger partial charge on any atom is 0.267 e. The van der Waals surface area contributed by atoms with Crippen LogP contribution in [0, 0.1) is 0 Å². The highest BCUT2D eigenvalue weighted by Crippen LogP contribution is 2.19. The monoisotopic (exact) mass is 485 g/mol. The Morgan fingerprint density at radius 1 is 0.944 bits per heavy atom. The van der Waals surface area contributed by atoms with Crippen LogP contribution in [0.4, 0.5) is 0 Å². The van der Waals surface area contributed by atoms with Gasteiger partial charge in [0.15, 0.2) is 11.6 Å². The quantitative estimate of drug-likeness (QED) is 0.378. The Morgan fingerprint density at radius 3 is 2.50 bits per heavy atom. The highest BCUT2D eigenvalue weighted by atomic mass is 16.5. The Morgan fingerprint density at radius 2 is 1.75 bits per heavy atom. The molecule has 0 N–H and O–H groups in total. The van der Waals surface area contributed by atoms with Crippen LogP contribution >= 0.6 is 0 Å². The molecule has 0 aliphatic carbocycles. The molecule has 0 amide bonds. The fourth-order valence-electron chi connectivity index (χ4n) is 4.44. The number of likely N-dealkylation sites (tertiary alicyclic amines) is 1. The normalized spacial score (nSPS) is 14.5. The predicted octanol–water partition coefficient (Wildman–Crippen LogP) is 3.40. The highest BCUT2D eigenvalue weighted by Gasteiger charge is 2.10. The summed E-state index contributed by atoms with van der Waals surface area (Å²) in [5.41, 5.74) is 3.22. The third-order valence-corrected chi connectivity index (χ3v) is 6.39. The molecule has 1 aromatic carbocycles. The van der Waals surface area contributed by atoms with E-state index in [0.29, 0.717) is 30.4 Å². The van der Waals surface area contributed by atoms with Crippen LogP contribution in [0.1, 0.15) is 31.2 Å². The first-order chi connectivity index (χ1) is 17.6. The van der Waals surface area contributed by atoms with E-state index in [1.165, 1.54) is 36.4 Å². The Bertz CT molecular complexity index is 1340. The molecule has 4 heterocycles. The standard InChI is InChI=1S/C27H31N7O2/c1-32-20-23(16-30-32)25-9-10-26(35)34(31-25)19-21-7-6-8-22(15-21)27-28-17-24(18-29-27)36-14-13-33-11-4-2-3-5-12-33/h6-10,15-18,20H,2-5,11-14,19H2,1H3. The summed E-state index contributed by atoms with van der Waals surface area (Å²) in [7, 11) is 1.85. The van der Waals surface area contributed by atoms with E-state index in [4.69, 9.17) is 4.74 Å². The van der Waals surface area contributed by atoms with Crippen molar-refractivity contribution < 1.29 is 4.74 Å². The number of ether oxygens (including phenoxy) is 1. The summed E-state index contributed by atoms with van der Waals surface area (Å²) >= 11 is 0. The Labute approximate surface area is 210 Å². The van der Waals surface area contributed by atoms with Gasteiger partial charge in [0.2, 0.25) is 0 Å². The van der Waals surface area contributed by atoms with Crippen LogP contribution in [0.5, 0.6) is 5.75 Å². The first-order valence-corrected chi connectivity index (χ1v) is 12.5. The fourth-order valence-corrected chi connectivity index (χ4v) is 4.44. The van der Waals surface area contributed by atoms with Gasteiger partial charge in [-0.1, -0.05) is 31.0 Å². The summed E-state index contributed by atoms with van der Waals surface area (Å²) in [6.45, 7) is 4.23. The topological polar surface area (TPSA) is 91.0 Å². The lowest BCUT2D eigenvalue weighted by Crippen LogP contribution is -2.29. The first kappa shape index (κ1) is 23.9. The molecule has 3 aromatic heterocycles. The summed E-state index contributed by atoms with van der Waals surface area (Å²) in [5, 5.41) is 8.72. The lowest BCUT2D eigenvalue weighted by molar-refractivity contribution is 0.213. The number of hydrogen-bond acceptors (Lipinski definition) is 7. The molecular weight excluding hydrogens is 454 g/mol. The van der Waals surface area contributed by atoms with Crippen molar-refractivity contribution in [1.82, 2.24) is 34.4 Å². The molecule has 1 aliphatic rings. The van der Waals surface area contributed by atoms with E-state index in [-0.39, 0.29) is 5.56 Å². The lowest BCUT2D eigenvalue weighted by Gasteiger charge is -2.19. The summed E-state index contributed by atoms with van der Waals surface area (Å²) in [6.07, 6.45) is 12.3. The maximum atomic E-state index is 12.4.